The number of benzene rings is 1. The van der Waals surface area contributed by atoms with Gasteiger partial charge in [0.05, 0.1) is 6.54 Å². The Morgan fingerprint density at radius 1 is 1.32 bits per heavy atom. The van der Waals surface area contributed by atoms with Gasteiger partial charge in [-0.1, -0.05) is 12.1 Å². The lowest BCUT2D eigenvalue weighted by Crippen LogP contribution is -2.38. The smallest absolute Gasteiger partial charge is 0.191 e. The van der Waals surface area contributed by atoms with Crippen LogP contribution in [0.3, 0.4) is 0 Å². The molecule has 1 unspecified atom stereocenters. The summed E-state index contributed by atoms with van der Waals surface area (Å²) in [4.78, 5) is 4.57. The molecule has 0 saturated carbocycles. The van der Waals surface area contributed by atoms with E-state index in [-0.39, 0.29) is 11.9 Å². The molecule has 0 aliphatic heterocycles. The Hall–Kier alpha value is -2.41. The second kappa shape index (κ2) is 10.5. The Morgan fingerprint density at radius 2 is 2.12 bits per heavy atom. The number of nitrogens with zero attached hydrogens (tertiary/aromatic N) is 3. The van der Waals surface area contributed by atoms with Crippen molar-refractivity contribution in [2.45, 2.75) is 26.0 Å². The Balaban J connectivity index is 1.85. The summed E-state index contributed by atoms with van der Waals surface area (Å²) in [6, 6.07) is 8.24. The number of hydrogen-bond acceptors (Lipinski definition) is 3. The fourth-order valence-electron chi connectivity index (χ4n) is 2.39. The van der Waals surface area contributed by atoms with Crippen LogP contribution < -0.4 is 10.6 Å². The minimum atomic E-state index is -0.255. The van der Waals surface area contributed by atoms with Gasteiger partial charge in [0.1, 0.15) is 11.9 Å². The summed E-state index contributed by atoms with van der Waals surface area (Å²) >= 11 is 0. The zero-order chi connectivity index (χ0) is 17.9. The lowest BCUT2D eigenvalue weighted by molar-refractivity contribution is 0.111. The molecule has 1 atom stereocenters. The van der Waals surface area contributed by atoms with Crippen molar-refractivity contribution in [3.63, 3.8) is 0 Å². The Morgan fingerprint density at radius 3 is 2.76 bits per heavy atom. The van der Waals surface area contributed by atoms with Crippen molar-refractivity contribution in [1.82, 2.24) is 20.4 Å². The third-order valence-corrected chi connectivity index (χ3v) is 3.70. The number of nitrogens with one attached hydrogen (secondary N) is 2. The molecule has 1 heterocycles. The largest absolute Gasteiger partial charge is 0.375 e. The topological polar surface area (TPSA) is 63.5 Å². The summed E-state index contributed by atoms with van der Waals surface area (Å²) in [5.41, 5.74) is 0.905. The van der Waals surface area contributed by atoms with Gasteiger partial charge in [0.2, 0.25) is 0 Å². The predicted molar refractivity (Wildman–Crippen MR) is 97.0 cm³/mol. The van der Waals surface area contributed by atoms with Gasteiger partial charge in [-0.2, -0.15) is 5.10 Å². The molecule has 0 fully saturated rings. The minimum absolute atomic E-state index is 0.208. The maximum Gasteiger partial charge on any atom is 0.191 e. The SMILES string of the molecule is CCNC(=NCC(OC)c1ccc(F)cc1)NCCCn1cccn1. The number of methoxy groups -OCH3 is 1. The molecule has 7 heteroatoms. The zero-order valence-corrected chi connectivity index (χ0v) is 14.8. The molecule has 0 aliphatic carbocycles. The number of ether oxygens (including phenoxy) is 1. The van der Waals surface area contributed by atoms with E-state index in [2.05, 4.69) is 20.7 Å². The van der Waals surface area contributed by atoms with Crippen LogP contribution in [0.4, 0.5) is 4.39 Å². The monoisotopic (exact) mass is 347 g/mol. The van der Waals surface area contributed by atoms with Crippen molar-refractivity contribution in [3.8, 4) is 0 Å². The van der Waals surface area contributed by atoms with Crippen LogP contribution in [0, 0.1) is 5.82 Å². The van der Waals surface area contributed by atoms with Gasteiger partial charge < -0.3 is 15.4 Å². The van der Waals surface area contributed by atoms with Crippen LogP contribution in [0.5, 0.6) is 0 Å². The third kappa shape index (κ3) is 6.54. The number of hydrogen-bond donors (Lipinski definition) is 2. The number of aromatic nitrogens is 2. The highest BCUT2D eigenvalue weighted by Crippen LogP contribution is 2.17. The van der Waals surface area contributed by atoms with Gasteiger partial charge in [0.25, 0.3) is 0 Å². The van der Waals surface area contributed by atoms with Crippen molar-refractivity contribution in [1.29, 1.82) is 0 Å². The van der Waals surface area contributed by atoms with Crippen molar-refractivity contribution < 1.29 is 9.13 Å². The second-order valence-corrected chi connectivity index (χ2v) is 5.54. The molecule has 1 aromatic carbocycles. The normalized spacial score (nSPS) is 12.8. The first kappa shape index (κ1) is 18.9. The van der Waals surface area contributed by atoms with Crippen molar-refractivity contribution in [2.24, 2.45) is 4.99 Å². The molecule has 0 amide bonds. The predicted octanol–water partition coefficient (Wildman–Crippen LogP) is 2.36. The Bertz CT molecular complexity index is 627. The van der Waals surface area contributed by atoms with Gasteiger partial charge in [-0.05, 0) is 37.1 Å². The molecule has 2 N–H and O–H groups in total. The molecule has 2 rings (SSSR count). The number of aliphatic imine (C=N–C) groups is 1. The standard InChI is InChI=1S/C18H26FN5O/c1-3-20-18(21-10-4-12-24-13-5-11-23-24)22-14-17(25-2)15-6-8-16(19)9-7-15/h5-9,11,13,17H,3-4,10,12,14H2,1-2H3,(H2,20,21,22). The molecular formula is C18H26FN5O. The number of halogens is 1. The van der Waals surface area contributed by atoms with Gasteiger partial charge in [0, 0.05) is 39.1 Å². The van der Waals surface area contributed by atoms with Crippen molar-refractivity contribution in [2.75, 3.05) is 26.7 Å². The van der Waals surface area contributed by atoms with Crippen LogP contribution >= 0.6 is 0 Å². The number of rotatable bonds is 9. The lowest BCUT2D eigenvalue weighted by Gasteiger charge is -2.16. The molecule has 6 nitrogen and oxygen atoms in total. The van der Waals surface area contributed by atoms with E-state index in [1.54, 1.807) is 25.4 Å². The summed E-state index contributed by atoms with van der Waals surface area (Å²) < 4.78 is 20.4. The average molecular weight is 347 g/mol. The van der Waals surface area contributed by atoms with E-state index in [1.165, 1.54) is 12.1 Å². The van der Waals surface area contributed by atoms with E-state index in [1.807, 2.05) is 23.9 Å². The van der Waals surface area contributed by atoms with E-state index in [4.69, 9.17) is 4.74 Å². The van der Waals surface area contributed by atoms with Crippen LogP contribution in [0.2, 0.25) is 0 Å². The molecule has 0 aliphatic rings. The van der Waals surface area contributed by atoms with Crippen molar-refractivity contribution >= 4 is 5.96 Å². The van der Waals surface area contributed by atoms with Crippen LogP contribution in [0.1, 0.15) is 25.0 Å². The van der Waals surface area contributed by atoms with Gasteiger partial charge in [-0.3, -0.25) is 9.67 Å². The maximum absolute atomic E-state index is 13.0. The van der Waals surface area contributed by atoms with E-state index >= 15 is 0 Å². The summed E-state index contributed by atoms with van der Waals surface area (Å²) in [6.07, 6.45) is 4.46. The highest BCUT2D eigenvalue weighted by molar-refractivity contribution is 5.79. The molecule has 0 spiro atoms. The van der Waals surface area contributed by atoms with E-state index < -0.39 is 0 Å². The first-order valence-corrected chi connectivity index (χ1v) is 8.50. The quantitative estimate of drug-likeness (QED) is 0.415. The van der Waals surface area contributed by atoms with Gasteiger partial charge in [-0.25, -0.2) is 4.39 Å². The first-order valence-electron chi connectivity index (χ1n) is 8.50. The van der Waals surface area contributed by atoms with E-state index in [0.717, 1.165) is 37.6 Å². The third-order valence-electron chi connectivity index (χ3n) is 3.70. The Kier molecular flexibility index (Phi) is 7.91. The van der Waals surface area contributed by atoms with E-state index in [9.17, 15) is 4.39 Å². The van der Waals surface area contributed by atoms with Crippen LogP contribution in [0.25, 0.3) is 0 Å². The molecular weight excluding hydrogens is 321 g/mol. The lowest BCUT2D eigenvalue weighted by atomic mass is 10.1. The Labute approximate surface area is 148 Å². The summed E-state index contributed by atoms with van der Waals surface area (Å²) in [6.45, 7) is 4.90. The fourth-order valence-corrected chi connectivity index (χ4v) is 2.39. The van der Waals surface area contributed by atoms with Gasteiger partial charge in [-0.15, -0.1) is 0 Å². The first-order chi connectivity index (χ1) is 12.2. The molecule has 25 heavy (non-hydrogen) atoms. The molecule has 0 bridgehead atoms. The molecule has 136 valence electrons. The molecule has 1 aromatic heterocycles. The van der Waals surface area contributed by atoms with Gasteiger partial charge >= 0.3 is 0 Å². The molecule has 0 radical (unpaired) electrons. The highest BCUT2D eigenvalue weighted by atomic mass is 19.1. The van der Waals surface area contributed by atoms with Crippen molar-refractivity contribution in [3.05, 3.63) is 54.1 Å². The van der Waals surface area contributed by atoms with Gasteiger partial charge in [0.15, 0.2) is 5.96 Å². The summed E-state index contributed by atoms with van der Waals surface area (Å²) in [7, 11) is 1.63. The fraction of sp³-hybridized carbons (Fsp3) is 0.444. The average Bonchev–Trinajstić information content (AvgIpc) is 3.14. The number of guanidine groups is 1. The summed E-state index contributed by atoms with van der Waals surface area (Å²) in [5, 5.41) is 10.7. The van der Waals surface area contributed by atoms with Crippen LogP contribution in [0.15, 0.2) is 47.7 Å². The minimum Gasteiger partial charge on any atom is -0.375 e. The van der Waals surface area contributed by atoms with Crippen LogP contribution in [-0.4, -0.2) is 42.5 Å². The van der Waals surface area contributed by atoms with Crippen LogP contribution in [-0.2, 0) is 11.3 Å². The highest BCUT2D eigenvalue weighted by Gasteiger charge is 2.10. The van der Waals surface area contributed by atoms with E-state index in [0.29, 0.717) is 6.54 Å². The summed E-state index contributed by atoms with van der Waals surface area (Å²) in [5.74, 6) is 0.487. The second-order valence-electron chi connectivity index (χ2n) is 5.54. The molecule has 0 saturated heterocycles. The number of aryl methyl sites for hydroxylation is 1. The maximum atomic E-state index is 13.0. The zero-order valence-electron chi connectivity index (χ0n) is 14.8. The molecule has 2 aromatic rings.